The molecule has 0 atom stereocenters. The summed E-state index contributed by atoms with van der Waals surface area (Å²) in [5, 5.41) is 4.75. The van der Waals surface area contributed by atoms with E-state index in [1.54, 1.807) is 14.0 Å². The summed E-state index contributed by atoms with van der Waals surface area (Å²) in [7, 11) is 1.71. The van der Waals surface area contributed by atoms with Crippen LogP contribution < -0.4 is 0 Å². The quantitative estimate of drug-likeness (QED) is 0.632. The van der Waals surface area contributed by atoms with Gasteiger partial charge in [-0.15, -0.1) is 0 Å². The van der Waals surface area contributed by atoms with Crippen LogP contribution in [0.2, 0.25) is 0 Å². The van der Waals surface area contributed by atoms with Gasteiger partial charge in [-0.3, -0.25) is 4.68 Å². The molecule has 0 spiro atoms. The van der Waals surface area contributed by atoms with Gasteiger partial charge in [0.15, 0.2) is 5.69 Å². The number of carbonyl (C=O) groups is 1. The Hall–Kier alpha value is -0.360. The number of aryl methyl sites for hydroxylation is 1. The molecule has 0 saturated heterocycles. The minimum atomic E-state index is -0.360. The van der Waals surface area contributed by atoms with Crippen molar-refractivity contribution in [2.45, 2.75) is 12.3 Å². The van der Waals surface area contributed by atoms with Crippen LogP contribution in [-0.4, -0.2) is 22.4 Å². The maximum atomic E-state index is 11.5. The molecule has 1 aromatic heterocycles. The normalized spacial score (nSPS) is 10.3. The van der Waals surface area contributed by atoms with Gasteiger partial charge < -0.3 is 4.74 Å². The molecule has 1 rings (SSSR count). The van der Waals surface area contributed by atoms with E-state index in [1.807, 2.05) is 0 Å². The number of halogens is 2. The van der Waals surface area contributed by atoms with Gasteiger partial charge in [0.1, 0.15) is 0 Å². The van der Waals surface area contributed by atoms with E-state index < -0.39 is 0 Å². The smallest absolute Gasteiger partial charge is 0.357 e. The highest BCUT2D eigenvalue weighted by atomic mass is 79.9. The van der Waals surface area contributed by atoms with Gasteiger partial charge in [-0.25, -0.2) is 4.79 Å². The van der Waals surface area contributed by atoms with Crippen LogP contribution in [0.25, 0.3) is 0 Å². The average molecular weight is 326 g/mol. The van der Waals surface area contributed by atoms with Gasteiger partial charge in [0.2, 0.25) is 0 Å². The average Bonchev–Trinajstić information content (AvgIpc) is 2.41. The van der Waals surface area contributed by atoms with Crippen molar-refractivity contribution in [3.05, 3.63) is 15.9 Å². The van der Waals surface area contributed by atoms with E-state index in [9.17, 15) is 4.79 Å². The topological polar surface area (TPSA) is 44.1 Å². The number of esters is 1. The van der Waals surface area contributed by atoms with Gasteiger partial charge in [0.05, 0.1) is 16.8 Å². The van der Waals surface area contributed by atoms with E-state index in [1.165, 1.54) is 4.68 Å². The van der Waals surface area contributed by atoms with Crippen molar-refractivity contribution in [2.75, 3.05) is 6.61 Å². The van der Waals surface area contributed by atoms with Gasteiger partial charge in [0.25, 0.3) is 0 Å². The summed E-state index contributed by atoms with van der Waals surface area (Å²) in [5.41, 5.74) is 1.23. The third-order valence-corrected chi connectivity index (χ3v) is 3.02. The molecule has 4 nitrogen and oxygen atoms in total. The van der Waals surface area contributed by atoms with E-state index in [-0.39, 0.29) is 5.97 Å². The Balaban J connectivity index is 3.07. The number of nitrogens with zero attached hydrogens (tertiary/aromatic N) is 2. The zero-order valence-corrected chi connectivity index (χ0v) is 11.1. The Kier molecular flexibility index (Phi) is 4.12. The predicted octanol–water partition coefficient (Wildman–Crippen LogP) is 2.25. The van der Waals surface area contributed by atoms with Crippen LogP contribution in [0.3, 0.4) is 0 Å². The van der Waals surface area contributed by atoms with Gasteiger partial charge in [-0.1, -0.05) is 15.9 Å². The fraction of sp³-hybridized carbons (Fsp3) is 0.500. The van der Waals surface area contributed by atoms with Crippen LogP contribution in [0.4, 0.5) is 0 Å². The SMILES string of the molecule is CCOC(=O)c1c(Br)c(CBr)nn1C. The molecule has 1 heterocycles. The van der Waals surface area contributed by atoms with Crippen LogP contribution in [0.1, 0.15) is 23.1 Å². The minimum absolute atomic E-state index is 0.360. The second-order valence-electron chi connectivity index (χ2n) is 2.59. The zero-order valence-electron chi connectivity index (χ0n) is 7.88. The molecule has 14 heavy (non-hydrogen) atoms. The Morgan fingerprint density at radius 3 is 2.71 bits per heavy atom. The summed E-state index contributed by atoms with van der Waals surface area (Å²) in [6.45, 7) is 2.13. The molecule has 0 aliphatic rings. The summed E-state index contributed by atoms with van der Waals surface area (Å²) >= 11 is 6.60. The highest BCUT2D eigenvalue weighted by molar-refractivity contribution is 9.10. The van der Waals surface area contributed by atoms with E-state index in [4.69, 9.17) is 4.74 Å². The van der Waals surface area contributed by atoms with Crippen LogP contribution >= 0.6 is 31.9 Å². The third-order valence-electron chi connectivity index (χ3n) is 1.65. The minimum Gasteiger partial charge on any atom is -0.461 e. The summed E-state index contributed by atoms with van der Waals surface area (Å²) < 4.78 is 7.11. The van der Waals surface area contributed by atoms with Crippen molar-refractivity contribution in [1.82, 2.24) is 9.78 Å². The molecular weight excluding hydrogens is 316 g/mol. The maximum absolute atomic E-state index is 11.5. The molecule has 1 aromatic rings. The molecule has 0 unspecified atom stereocenters. The third kappa shape index (κ3) is 2.17. The van der Waals surface area contributed by atoms with Crippen LogP contribution in [-0.2, 0) is 17.1 Å². The maximum Gasteiger partial charge on any atom is 0.357 e. The second-order valence-corrected chi connectivity index (χ2v) is 3.94. The standard InChI is InChI=1S/C8H10Br2N2O2/c1-3-14-8(13)7-6(10)5(4-9)11-12(7)2/h3-4H2,1-2H3. The molecular formula is C8H10Br2N2O2. The zero-order chi connectivity index (χ0) is 10.7. The molecule has 0 radical (unpaired) electrons. The lowest BCUT2D eigenvalue weighted by Crippen LogP contribution is -2.10. The second kappa shape index (κ2) is 4.93. The van der Waals surface area contributed by atoms with Crippen molar-refractivity contribution in [2.24, 2.45) is 7.05 Å². The molecule has 0 aliphatic heterocycles. The number of aromatic nitrogens is 2. The largest absolute Gasteiger partial charge is 0.461 e. The number of ether oxygens (including phenoxy) is 1. The summed E-state index contributed by atoms with van der Waals surface area (Å²) in [6.07, 6.45) is 0. The Morgan fingerprint density at radius 1 is 1.64 bits per heavy atom. The van der Waals surface area contributed by atoms with Crippen LogP contribution in [0, 0.1) is 0 Å². The molecule has 0 bridgehead atoms. The molecule has 0 aliphatic carbocycles. The van der Waals surface area contributed by atoms with Gasteiger partial charge in [0, 0.05) is 12.4 Å². The fourth-order valence-corrected chi connectivity index (χ4v) is 2.47. The van der Waals surface area contributed by atoms with Crippen LogP contribution in [0.5, 0.6) is 0 Å². The molecule has 78 valence electrons. The summed E-state index contributed by atoms with van der Waals surface area (Å²) in [6, 6.07) is 0. The lowest BCUT2D eigenvalue weighted by Gasteiger charge is -2.01. The number of alkyl halides is 1. The first-order valence-corrected chi connectivity index (χ1v) is 5.97. The predicted molar refractivity (Wildman–Crippen MR) is 59.5 cm³/mol. The van der Waals surface area contributed by atoms with E-state index in [0.717, 1.165) is 5.69 Å². The Labute approximate surface area is 98.9 Å². The highest BCUT2D eigenvalue weighted by Crippen LogP contribution is 2.23. The van der Waals surface area contributed by atoms with Gasteiger partial charge in [-0.2, -0.15) is 5.10 Å². The molecule has 0 fully saturated rings. The number of rotatable bonds is 3. The summed E-state index contributed by atoms with van der Waals surface area (Å²) in [5.74, 6) is -0.360. The first-order chi connectivity index (χ1) is 6.61. The van der Waals surface area contributed by atoms with Crippen molar-refractivity contribution in [3.8, 4) is 0 Å². The molecule has 0 N–H and O–H groups in total. The molecule has 0 saturated carbocycles. The van der Waals surface area contributed by atoms with Crippen molar-refractivity contribution in [3.63, 3.8) is 0 Å². The number of hydrogen-bond acceptors (Lipinski definition) is 3. The van der Waals surface area contributed by atoms with Crippen molar-refractivity contribution < 1.29 is 9.53 Å². The van der Waals surface area contributed by atoms with E-state index in [2.05, 4.69) is 37.0 Å². The van der Waals surface area contributed by atoms with E-state index >= 15 is 0 Å². The monoisotopic (exact) mass is 324 g/mol. The first kappa shape index (κ1) is 11.7. The lowest BCUT2D eigenvalue weighted by atomic mass is 10.4. The fourth-order valence-electron chi connectivity index (χ4n) is 1.06. The van der Waals surface area contributed by atoms with E-state index in [0.29, 0.717) is 22.1 Å². The molecule has 6 heteroatoms. The Morgan fingerprint density at radius 2 is 2.29 bits per heavy atom. The first-order valence-electron chi connectivity index (χ1n) is 4.06. The molecule has 0 amide bonds. The van der Waals surface area contributed by atoms with Crippen LogP contribution in [0.15, 0.2) is 4.47 Å². The summed E-state index contributed by atoms with van der Waals surface area (Å²) in [4.78, 5) is 11.5. The number of carbonyl (C=O) groups excluding carboxylic acids is 1. The Bertz CT molecular complexity index is 349. The van der Waals surface area contributed by atoms with Crippen molar-refractivity contribution in [1.29, 1.82) is 0 Å². The van der Waals surface area contributed by atoms with Gasteiger partial charge >= 0.3 is 5.97 Å². The molecule has 0 aromatic carbocycles. The lowest BCUT2D eigenvalue weighted by molar-refractivity contribution is 0.0512. The van der Waals surface area contributed by atoms with Crippen molar-refractivity contribution >= 4 is 37.8 Å². The van der Waals surface area contributed by atoms with Gasteiger partial charge in [-0.05, 0) is 22.9 Å². The number of hydrogen-bond donors (Lipinski definition) is 0. The highest BCUT2D eigenvalue weighted by Gasteiger charge is 2.20.